The number of nitrogens with zero attached hydrogens (tertiary/aromatic N) is 2. The topological polar surface area (TPSA) is 96.2 Å². The summed E-state index contributed by atoms with van der Waals surface area (Å²) in [6.07, 6.45) is 1.73. The monoisotopic (exact) mass is 680 g/mol. The second-order valence-corrected chi connectivity index (χ2v) is 11.2. The van der Waals surface area contributed by atoms with Crippen molar-refractivity contribution in [2.75, 3.05) is 13.7 Å². The summed E-state index contributed by atoms with van der Waals surface area (Å²) in [4.78, 5) is 44.6. The molecule has 0 amide bonds. The summed E-state index contributed by atoms with van der Waals surface area (Å²) in [5.74, 6) is -0.400. The van der Waals surface area contributed by atoms with Gasteiger partial charge in [0.25, 0.3) is 5.56 Å². The Morgan fingerprint density at radius 1 is 1.02 bits per heavy atom. The summed E-state index contributed by atoms with van der Waals surface area (Å²) in [5.41, 5.74) is 2.44. The van der Waals surface area contributed by atoms with Crippen molar-refractivity contribution in [2.24, 2.45) is 4.99 Å². The summed E-state index contributed by atoms with van der Waals surface area (Å²) < 4.78 is 19.2. The van der Waals surface area contributed by atoms with Crippen LogP contribution in [0.3, 0.4) is 0 Å². The van der Waals surface area contributed by atoms with Gasteiger partial charge in [0.15, 0.2) is 16.3 Å². The van der Waals surface area contributed by atoms with Gasteiger partial charge in [0, 0.05) is 3.57 Å². The van der Waals surface area contributed by atoms with Crippen LogP contribution in [-0.2, 0) is 9.53 Å². The first-order chi connectivity index (χ1) is 19.8. The number of allylic oxidation sites excluding steroid dienone is 1. The van der Waals surface area contributed by atoms with E-state index in [1.807, 2.05) is 42.5 Å². The van der Waals surface area contributed by atoms with Crippen molar-refractivity contribution < 1.29 is 23.8 Å². The van der Waals surface area contributed by atoms with Crippen molar-refractivity contribution in [1.29, 1.82) is 0 Å². The molecule has 2 heterocycles. The molecule has 0 saturated heterocycles. The minimum absolute atomic E-state index is 0.208. The normalized spacial score (nSPS) is 14.7. The summed E-state index contributed by atoms with van der Waals surface area (Å²) >= 11 is 3.31. The number of benzene rings is 3. The smallest absolute Gasteiger partial charge is 0.344 e. The van der Waals surface area contributed by atoms with E-state index in [0.717, 1.165) is 9.13 Å². The third-order valence-corrected chi connectivity index (χ3v) is 8.34. The molecule has 5 rings (SSSR count). The Bertz CT molecular complexity index is 1860. The molecule has 0 fully saturated rings. The fourth-order valence-corrected chi connectivity index (χ4v) is 6.19. The fourth-order valence-electron chi connectivity index (χ4n) is 4.53. The highest BCUT2D eigenvalue weighted by Crippen LogP contribution is 2.31. The number of fused-ring (bicyclic) bond motifs is 1. The van der Waals surface area contributed by atoms with Gasteiger partial charge in [-0.2, -0.15) is 0 Å². The van der Waals surface area contributed by atoms with Gasteiger partial charge in [0.1, 0.15) is 0 Å². The zero-order chi connectivity index (χ0) is 29.1. The Morgan fingerprint density at radius 3 is 2.46 bits per heavy atom. The van der Waals surface area contributed by atoms with E-state index in [9.17, 15) is 14.4 Å². The third-order valence-electron chi connectivity index (χ3n) is 6.41. The highest BCUT2D eigenvalue weighted by Gasteiger charge is 2.33. The molecule has 0 bridgehead atoms. The lowest BCUT2D eigenvalue weighted by atomic mass is 9.96. The number of carbonyl (C=O) groups excluding carboxylic acids is 2. The molecule has 0 radical (unpaired) electrons. The molecule has 10 heteroatoms. The number of carbonyl (C=O) groups is 2. The van der Waals surface area contributed by atoms with Gasteiger partial charge in [-0.25, -0.2) is 14.6 Å². The highest BCUT2D eigenvalue weighted by atomic mass is 127. The van der Waals surface area contributed by atoms with E-state index in [1.165, 1.54) is 18.4 Å². The molecule has 4 aromatic rings. The first-order valence-electron chi connectivity index (χ1n) is 12.7. The van der Waals surface area contributed by atoms with Crippen LogP contribution in [0.15, 0.2) is 93.9 Å². The average Bonchev–Trinajstić information content (AvgIpc) is 3.27. The Balaban J connectivity index is 1.55. The Morgan fingerprint density at radius 2 is 1.76 bits per heavy atom. The fraction of sp³-hybridized carbons (Fsp3) is 0.161. The summed E-state index contributed by atoms with van der Waals surface area (Å²) in [7, 11) is 1.48. The van der Waals surface area contributed by atoms with E-state index in [1.54, 1.807) is 54.8 Å². The first kappa shape index (κ1) is 28.5. The van der Waals surface area contributed by atoms with Gasteiger partial charge in [-0.3, -0.25) is 9.36 Å². The van der Waals surface area contributed by atoms with Crippen LogP contribution in [-0.4, -0.2) is 30.2 Å². The molecule has 1 aromatic heterocycles. The van der Waals surface area contributed by atoms with Crippen LogP contribution < -0.4 is 24.4 Å². The van der Waals surface area contributed by atoms with Crippen molar-refractivity contribution in [3.63, 3.8) is 0 Å². The van der Waals surface area contributed by atoms with Gasteiger partial charge in [-0.15, -0.1) is 0 Å². The number of esters is 2. The number of ether oxygens (including phenoxy) is 3. The number of methoxy groups -OCH3 is 1. The predicted octanol–water partition coefficient (Wildman–Crippen LogP) is 4.63. The van der Waals surface area contributed by atoms with Crippen LogP contribution in [0.2, 0.25) is 0 Å². The standard InChI is InChI=1S/C31H25IN2O6S/c1-4-39-30(37)26-18(2)33-31-34(27(26)20-10-6-5-7-11-20)28(35)25(41-31)17-19-14-15-23(24(16-19)38-3)40-29(36)21-12-8-9-13-22(21)32/h5-17,27H,4H2,1-3H3/t27-/m0/s1. The van der Waals surface area contributed by atoms with Gasteiger partial charge in [0.2, 0.25) is 0 Å². The molecule has 0 N–H and O–H groups in total. The third kappa shape index (κ3) is 5.75. The zero-order valence-corrected chi connectivity index (χ0v) is 25.4. The number of thiazole rings is 1. The van der Waals surface area contributed by atoms with Crippen LogP contribution in [0.1, 0.15) is 41.4 Å². The van der Waals surface area contributed by atoms with Gasteiger partial charge < -0.3 is 14.2 Å². The lowest BCUT2D eigenvalue weighted by Crippen LogP contribution is -2.39. The van der Waals surface area contributed by atoms with Gasteiger partial charge in [0.05, 0.1) is 41.1 Å². The molecule has 8 nitrogen and oxygen atoms in total. The minimum atomic E-state index is -0.675. The van der Waals surface area contributed by atoms with Crippen LogP contribution in [0.25, 0.3) is 6.08 Å². The second-order valence-electron chi connectivity index (χ2n) is 8.99. The number of aromatic nitrogens is 1. The predicted molar refractivity (Wildman–Crippen MR) is 164 cm³/mol. The summed E-state index contributed by atoms with van der Waals surface area (Å²) in [5, 5.41) is 0. The van der Waals surface area contributed by atoms with Crippen LogP contribution in [0.4, 0.5) is 0 Å². The molecule has 1 aliphatic rings. The molecule has 41 heavy (non-hydrogen) atoms. The van der Waals surface area contributed by atoms with E-state index in [2.05, 4.69) is 27.6 Å². The van der Waals surface area contributed by atoms with Gasteiger partial charge >= 0.3 is 11.9 Å². The molecule has 0 aliphatic carbocycles. The summed E-state index contributed by atoms with van der Waals surface area (Å²) in [6, 6.07) is 20.9. The van der Waals surface area contributed by atoms with E-state index in [-0.39, 0.29) is 17.9 Å². The molecule has 208 valence electrons. The van der Waals surface area contributed by atoms with Crippen molar-refractivity contribution in [3.8, 4) is 11.5 Å². The molecule has 3 aromatic carbocycles. The summed E-state index contributed by atoms with van der Waals surface area (Å²) in [6.45, 7) is 3.70. The molecule has 0 saturated carbocycles. The molecule has 0 unspecified atom stereocenters. The zero-order valence-electron chi connectivity index (χ0n) is 22.4. The van der Waals surface area contributed by atoms with Crippen molar-refractivity contribution in [1.82, 2.24) is 4.57 Å². The van der Waals surface area contributed by atoms with Crippen LogP contribution >= 0.6 is 33.9 Å². The SMILES string of the molecule is CCOC(=O)C1=C(C)N=c2sc(=Cc3ccc(OC(=O)c4ccccc4I)c(OC)c3)c(=O)n2[C@H]1c1ccccc1. The Labute approximate surface area is 253 Å². The lowest BCUT2D eigenvalue weighted by Gasteiger charge is -2.24. The largest absolute Gasteiger partial charge is 0.493 e. The first-order valence-corrected chi connectivity index (χ1v) is 14.6. The number of hydrogen-bond donors (Lipinski definition) is 0. The maximum Gasteiger partial charge on any atom is 0.344 e. The van der Waals surface area contributed by atoms with Crippen molar-refractivity contribution in [3.05, 3.63) is 124 Å². The number of rotatable bonds is 7. The molecule has 0 spiro atoms. The van der Waals surface area contributed by atoms with Crippen LogP contribution in [0.5, 0.6) is 11.5 Å². The van der Waals surface area contributed by atoms with E-state index in [0.29, 0.717) is 37.5 Å². The van der Waals surface area contributed by atoms with E-state index >= 15 is 0 Å². The van der Waals surface area contributed by atoms with Crippen molar-refractivity contribution in [2.45, 2.75) is 19.9 Å². The van der Waals surface area contributed by atoms with E-state index in [4.69, 9.17) is 14.2 Å². The average molecular weight is 681 g/mol. The van der Waals surface area contributed by atoms with Gasteiger partial charge in [-0.05, 0) is 77.9 Å². The molecule has 1 aliphatic heterocycles. The molecular formula is C31H25IN2O6S. The Hall–Kier alpha value is -4.03. The maximum absolute atomic E-state index is 13.8. The highest BCUT2D eigenvalue weighted by molar-refractivity contribution is 14.1. The lowest BCUT2D eigenvalue weighted by molar-refractivity contribution is -0.139. The van der Waals surface area contributed by atoms with Gasteiger partial charge in [-0.1, -0.05) is 59.9 Å². The maximum atomic E-state index is 13.8. The van der Waals surface area contributed by atoms with Crippen molar-refractivity contribution >= 4 is 51.9 Å². The Kier molecular flexibility index (Phi) is 8.50. The molecule has 1 atom stereocenters. The molecular weight excluding hydrogens is 655 g/mol. The quantitative estimate of drug-likeness (QED) is 0.161. The number of hydrogen-bond acceptors (Lipinski definition) is 8. The second kappa shape index (κ2) is 12.2. The van der Waals surface area contributed by atoms with Crippen LogP contribution in [0, 0.1) is 3.57 Å². The number of halogens is 1. The minimum Gasteiger partial charge on any atom is -0.493 e. The van der Waals surface area contributed by atoms with E-state index < -0.39 is 18.0 Å².